The van der Waals surface area contributed by atoms with Gasteiger partial charge in [-0.2, -0.15) is 0 Å². The van der Waals surface area contributed by atoms with Crippen molar-refractivity contribution in [1.29, 1.82) is 5.41 Å². The minimum atomic E-state index is 0.163. The molecule has 0 radical (unpaired) electrons. The third-order valence-corrected chi connectivity index (χ3v) is 4.68. The lowest BCUT2D eigenvalue weighted by atomic mass is 10.2. The molecule has 0 spiro atoms. The molecule has 6 heteroatoms. The molecule has 132 valence electrons. The number of nitrogens with zero attached hydrogens (tertiary/aromatic N) is 3. The Bertz CT molecular complexity index is 1020. The molecule has 0 fully saturated rings. The van der Waals surface area contributed by atoms with Crippen LogP contribution in [0, 0.1) is 5.41 Å². The number of benzene rings is 2. The zero-order chi connectivity index (χ0) is 18.3. The van der Waals surface area contributed by atoms with Gasteiger partial charge in [-0.1, -0.05) is 12.1 Å². The molecule has 0 bridgehead atoms. The van der Waals surface area contributed by atoms with Crippen LogP contribution < -0.4 is 9.64 Å². The van der Waals surface area contributed by atoms with E-state index in [2.05, 4.69) is 4.98 Å². The minimum absolute atomic E-state index is 0.163. The van der Waals surface area contributed by atoms with Crippen molar-refractivity contribution in [2.24, 2.45) is 0 Å². The molecular formula is C20H20N4O2. The summed E-state index contributed by atoms with van der Waals surface area (Å²) in [6.07, 6.45) is 0. The Hall–Kier alpha value is -3.28. The summed E-state index contributed by atoms with van der Waals surface area (Å²) in [6, 6.07) is 15.3. The average Bonchev–Trinajstić information content (AvgIpc) is 3.18. The number of aryl methyl sites for hydroxylation is 1. The van der Waals surface area contributed by atoms with Gasteiger partial charge in [0, 0.05) is 12.2 Å². The van der Waals surface area contributed by atoms with Crippen molar-refractivity contribution in [2.45, 2.75) is 13.5 Å². The van der Waals surface area contributed by atoms with Gasteiger partial charge in [-0.3, -0.25) is 5.41 Å². The maximum absolute atomic E-state index is 10.6. The molecule has 1 aliphatic heterocycles. The third kappa shape index (κ3) is 2.42. The lowest BCUT2D eigenvalue weighted by molar-refractivity contribution is 0.411. The first kappa shape index (κ1) is 16.2. The van der Waals surface area contributed by atoms with E-state index in [1.54, 1.807) is 12.0 Å². The first-order chi connectivity index (χ1) is 12.6. The van der Waals surface area contributed by atoms with Crippen LogP contribution in [0.3, 0.4) is 0 Å². The number of hydrogen-bond donors (Lipinski definition) is 2. The van der Waals surface area contributed by atoms with Crippen molar-refractivity contribution in [1.82, 2.24) is 9.55 Å². The number of para-hydroxylation sites is 2. The van der Waals surface area contributed by atoms with Crippen LogP contribution in [-0.2, 0) is 6.54 Å². The summed E-state index contributed by atoms with van der Waals surface area (Å²) in [5.41, 5.74) is 3.18. The maximum atomic E-state index is 10.6. The first-order valence-corrected chi connectivity index (χ1v) is 8.52. The van der Waals surface area contributed by atoms with E-state index in [0.29, 0.717) is 17.9 Å². The molecule has 0 saturated carbocycles. The highest BCUT2D eigenvalue weighted by molar-refractivity contribution is 6.30. The van der Waals surface area contributed by atoms with Gasteiger partial charge < -0.3 is 19.3 Å². The second kappa shape index (κ2) is 6.22. The highest BCUT2D eigenvalue weighted by Gasteiger charge is 2.32. The predicted molar refractivity (Wildman–Crippen MR) is 103 cm³/mol. The quantitative estimate of drug-likeness (QED) is 0.751. The van der Waals surface area contributed by atoms with E-state index in [1.165, 1.54) is 0 Å². The van der Waals surface area contributed by atoms with Crippen LogP contribution in [0.5, 0.6) is 5.75 Å². The van der Waals surface area contributed by atoms with E-state index in [4.69, 9.17) is 10.1 Å². The second-order valence-electron chi connectivity index (χ2n) is 6.12. The van der Waals surface area contributed by atoms with E-state index in [-0.39, 0.29) is 18.1 Å². The molecule has 6 nitrogen and oxygen atoms in total. The molecular weight excluding hydrogens is 328 g/mol. The molecule has 0 unspecified atom stereocenters. The molecule has 1 aromatic heterocycles. The topological polar surface area (TPSA) is 74.4 Å². The number of nitrogens with one attached hydrogen (secondary N) is 1. The zero-order valence-corrected chi connectivity index (χ0v) is 14.7. The zero-order valence-electron chi connectivity index (χ0n) is 14.7. The van der Waals surface area contributed by atoms with Crippen LogP contribution >= 0.6 is 0 Å². The number of rotatable bonds is 4. The van der Waals surface area contributed by atoms with Gasteiger partial charge in [0.15, 0.2) is 0 Å². The summed E-state index contributed by atoms with van der Waals surface area (Å²) in [6.45, 7) is 3.00. The molecule has 4 rings (SSSR count). The molecule has 0 amide bonds. The summed E-state index contributed by atoms with van der Waals surface area (Å²) in [5.74, 6) is 1.80. The molecule has 2 N–H and O–H groups in total. The van der Waals surface area contributed by atoms with Crippen molar-refractivity contribution < 1.29 is 9.84 Å². The fourth-order valence-electron chi connectivity index (χ4n) is 3.38. The van der Waals surface area contributed by atoms with Gasteiger partial charge in [-0.05, 0) is 43.3 Å². The summed E-state index contributed by atoms with van der Waals surface area (Å²) in [7, 11) is 1.62. The highest BCUT2D eigenvalue weighted by Crippen LogP contribution is 2.33. The van der Waals surface area contributed by atoms with E-state index in [0.717, 1.165) is 22.5 Å². The number of ether oxygens (including phenoxy) is 1. The lowest BCUT2D eigenvalue weighted by Gasteiger charge is -2.19. The van der Waals surface area contributed by atoms with E-state index < -0.39 is 0 Å². The molecule has 2 heterocycles. The molecule has 2 aromatic carbocycles. The standard InChI is InChI=1S/C20H20N4O2/c1-3-23-16-7-5-4-6-15(16)22-20(23)18-17(25)12-24(19(18)21)13-8-10-14(26-2)11-9-13/h4-11,21,25H,3,12H2,1-2H3. The fraction of sp³-hybridized carbons (Fsp3) is 0.200. The number of anilines is 1. The third-order valence-electron chi connectivity index (χ3n) is 4.68. The fourth-order valence-corrected chi connectivity index (χ4v) is 3.38. The van der Waals surface area contributed by atoms with E-state index in [1.807, 2.05) is 60.0 Å². The van der Waals surface area contributed by atoms with Crippen LogP contribution in [0.4, 0.5) is 5.69 Å². The van der Waals surface area contributed by atoms with E-state index in [9.17, 15) is 5.11 Å². The number of hydrogen-bond acceptors (Lipinski definition) is 4. The van der Waals surface area contributed by atoms with Crippen LogP contribution in [0.15, 0.2) is 54.3 Å². The van der Waals surface area contributed by atoms with Crippen LogP contribution in [0.1, 0.15) is 12.7 Å². The van der Waals surface area contributed by atoms with Gasteiger partial charge in [0.1, 0.15) is 23.2 Å². The molecule has 3 aromatic rings. The normalized spacial score (nSPS) is 14.5. The Morgan fingerprint density at radius 1 is 1.15 bits per heavy atom. The van der Waals surface area contributed by atoms with Gasteiger partial charge in [0.05, 0.1) is 30.3 Å². The Kier molecular flexibility index (Phi) is 3.88. The average molecular weight is 348 g/mol. The maximum Gasteiger partial charge on any atom is 0.148 e. The van der Waals surface area contributed by atoms with Crippen molar-refractivity contribution in [3.05, 3.63) is 60.1 Å². The molecule has 26 heavy (non-hydrogen) atoms. The summed E-state index contributed by atoms with van der Waals surface area (Å²) in [4.78, 5) is 6.45. The largest absolute Gasteiger partial charge is 0.509 e. The Labute approximate surface area is 151 Å². The van der Waals surface area contributed by atoms with Crippen molar-refractivity contribution in [2.75, 3.05) is 18.6 Å². The van der Waals surface area contributed by atoms with Crippen molar-refractivity contribution in [3.63, 3.8) is 0 Å². The predicted octanol–water partition coefficient (Wildman–Crippen LogP) is 3.83. The SMILES string of the molecule is CCn1c(C2=C(O)CN(c3ccc(OC)cc3)C2=N)nc2ccccc21. The summed E-state index contributed by atoms with van der Waals surface area (Å²) < 4.78 is 7.22. The van der Waals surface area contributed by atoms with Crippen LogP contribution in [0.2, 0.25) is 0 Å². The highest BCUT2D eigenvalue weighted by atomic mass is 16.5. The van der Waals surface area contributed by atoms with Crippen LogP contribution in [0.25, 0.3) is 16.6 Å². The lowest BCUT2D eigenvalue weighted by Crippen LogP contribution is -2.26. The Balaban J connectivity index is 1.75. The number of aromatic nitrogens is 2. The molecule has 0 atom stereocenters. The molecule has 0 saturated heterocycles. The second-order valence-corrected chi connectivity index (χ2v) is 6.12. The number of amidine groups is 1. The Morgan fingerprint density at radius 3 is 2.58 bits per heavy atom. The Morgan fingerprint density at radius 2 is 1.88 bits per heavy atom. The van der Waals surface area contributed by atoms with Gasteiger partial charge in [0.25, 0.3) is 0 Å². The minimum Gasteiger partial charge on any atom is -0.509 e. The monoisotopic (exact) mass is 348 g/mol. The first-order valence-electron chi connectivity index (χ1n) is 8.52. The number of imidazole rings is 1. The smallest absolute Gasteiger partial charge is 0.148 e. The van der Waals surface area contributed by atoms with Gasteiger partial charge in [-0.15, -0.1) is 0 Å². The van der Waals surface area contributed by atoms with Gasteiger partial charge in [0.2, 0.25) is 0 Å². The van der Waals surface area contributed by atoms with E-state index >= 15 is 0 Å². The number of aliphatic hydroxyl groups excluding tert-OH is 1. The molecule has 1 aliphatic rings. The van der Waals surface area contributed by atoms with Gasteiger partial charge in [-0.25, -0.2) is 4.98 Å². The number of methoxy groups -OCH3 is 1. The number of fused-ring (bicyclic) bond motifs is 1. The van der Waals surface area contributed by atoms with Gasteiger partial charge >= 0.3 is 0 Å². The summed E-state index contributed by atoms with van der Waals surface area (Å²) >= 11 is 0. The number of aliphatic hydroxyl groups is 1. The summed E-state index contributed by atoms with van der Waals surface area (Å²) in [5, 5.41) is 19.2. The van der Waals surface area contributed by atoms with Crippen molar-refractivity contribution >= 4 is 28.1 Å². The van der Waals surface area contributed by atoms with Crippen LogP contribution in [-0.4, -0.2) is 34.1 Å². The molecule has 0 aliphatic carbocycles. The van der Waals surface area contributed by atoms with Crippen molar-refractivity contribution in [3.8, 4) is 5.75 Å².